The van der Waals surface area contributed by atoms with Crippen LogP contribution < -0.4 is 14.8 Å². The molecule has 14 heavy (non-hydrogen) atoms. The molecule has 4 nitrogen and oxygen atoms in total. The summed E-state index contributed by atoms with van der Waals surface area (Å²) in [5.41, 5.74) is 0. The normalized spacial score (nSPS) is 9.29. The Labute approximate surface area is 82.8 Å². The highest BCUT2D eigenvalue weighted by atomic mass is 16.6. The third-order valence-corrected chi connectivity index (χ3v) is 1.56. The average molecular weight is 195 g/mol. The molecule has 0 atom stereocenters. The van der Waals surface area contributed by atoms with Crippen LogP contribution in [0.25, 0.3) is 0 Å². The van der Waals surface area contributed by atoms with E-state index < -0.39 is 6.09 Å². The second kappa shape index (κ2) is 5.11. The van der Waals surface area contributed by atoms with E-state index in [2.05, 4.69) is 5.32 Å². The van der Waals surface area contributed by atoms with Crippen molar-refractivity contribution >= 4 is 6.09 Å². The molecule has 0 spiro atoms. The summed E-state index contributed by atoms with van der Waals surface area (Å²) < 4.78 is 10.2. The predicted octanol–water partition coefficient (Wildman–Crippen LogP) is 1.80. The molecule has 0 aliphatic heterocycles. The first-order valence-corrected chi connectivity index (χ1v) is 4.39. The molecule has 4 heteroatoms. The number of hydrogen-bond acceptors (Lipinski definition) is 3. The SMILES string of the molecule is CCOc1ccccc1OC(=O)NC. The minimum Gasteiger partial charge on any atom is -0.490 e. The number of nitrogens with one attached hydrogen (secondary N) is 1. The summed E-state index contributed by atoms with van der Waals surface area (Å²) in [4.78, 5) is 10.9. The summed E-state index contributed by atoms with van der Waals surface area (Å²) in [5, 5.41) is 2.37. The van der Waals surface area contributed by atoms with Gasteiger partial charge in [0, 0.05) is 7.05 Å². The van der Waals surface area contributed by atoms with Crippen molar-refractivity contribution in [1.82, 2.24) is 5.32 Å². The Morgan fingerprint density at radius 2 is 2.00 bits per heavy atom. The van der Waals surface area contributed by atoms with Crippen molar-refractivity contribution < 1.29 is 14.3 Å². The van der Waals surface area contributed by atoms with Crippen molar-refractivity contribution in [2.24, 2.45) is 0 Å². The fourth-order valence-corrected chi connectivity index (χ4v) is 0.960. The van der Waals surface area contributed by atoms with Crippen molar-refractivity contribution in [3.63, 3.8) is 0 Å². The standard InChI is InChI=1S/C10H13NO3/c1-3-13-8-6-4-5-7-9(8)14-10(12)11-2/h4-7H,3H2,1-2H3,(H,11,12). The molecule has 0 fully saturated rings. The molecule has 0 aliphatic carbocycles. The Balaban J connectivity index is 2.78. The van der Waals surface area contributed by atoms with Gasteiger partial charge >= 0.3 is 6.09 Å². The minimum atomic E-state index is -0.503. The second-order valence-corrected chi connectivity index (χ2v) is 2.52. The van der Waals surface area contributed by atoms with E-state index in [4.69, 9.17) is 9.47 Å². The fourth-order valence-electron chi connectivity index (χ4n) is 0.960. The van der Waals surface area contributed by atoms with Crippen LogP contribution in [0, 0.1) is 0 Å². The molecule has 1 rings (SSSR count). The maximum atomic E-state index is 10.9. The molecule has 0 radical (unpaired) electrons. The van der Waals surface area contributed by atoms with Gasteiger partial charge in [0.15, 0.2) is 11.5 Å². The first-order valence-electron chi connectivity index (χ1n) is 4.39. The summed E-state index contributed by atoms with van der Waals surface area (Å²) in [6.07, 6.45) is -0.503. The zero-order valence-electron chi connectivity index (χ0n) is 8.24. The van der Waals surface area contributed by atoms with Gasteiger partial charge < -0.3 is 14.8 Å². The molecule has 0 saturated carbocycles. The third-order valence-electron chi connectivity index (χ3n) is 1.56. The van der Waals surface area contributed by atoms with Gasteiger partial charge in [-0.3, -0.25) is 0 Å². The van der Waals surface area contributed by atoms with Crippen LogP contribution in [0.15, 0.2) is 24.3 Å². The molecule has 0 saturated heterocycles. The minimum absolute atomic E-state index is 0.425. The highest BCUT2D eigenvalue weighted by Gasteiger charge is 2.06. The smallest absolute Gasteiger partial charge is 0.412 e. The van der Waals surface area contributed by atoms with Crippen LogP contribution in [-0.2, 0) is 0 Å². The molecule has 1 N–H and O–H groups in total. The number of benzene rings is 1. The van der Waals surface area contributed by atoms with Crippen molar-refractivity contribution in [2.45, 2.75) is 6.92 Å². The summed E-state index contributed by atoms with van der Waals surface area (Å²) >= 11 is 0. The Kier molecular flexibility index (Phi) is 3.79. The molecule has 76 valence electrons. The summed E-state index contributed by atoms with van der Waals surface area (Å²) in [6.45, 7) is 2.41. The number of amides is 1. The summed E-state index contributed by atoms with van der Waals surface area (Å²) in [6, 6.07) is 7.03. The monoisotopic (exact) mass is 195 g/mol. The molecule has 0 aliphatic rings. The van der Waals surface area contributed by atoms with Gasteiger partial charge in [0.05, 0.1) is 6.61 Å². The Morgan fingerprint density at radius 1 is 1.36 bits per heavy atom. The Bertz CT molecular complexity index is 312. The van der Waals surface area contributed by atoms with E-state index >= 15 is 0 Å². The van der Waals surface area contributed by atoms with Crippen molar-refractivity contribution in [3.8, 4) is 11.5 Å². The molecule has 1 amide bonds. The molecular formula is C10H13NO3. The molecular weight excluding hydrogens is 182 g/mol. The molecule has 0 unspecified atom stereocenters. The number of hydrogen-bond donors (Lipinski definition) is 1. The Hall–Kier alpha value is -1.71. The van der Waals surface area contributed by atoms with E-state index in [1.165, 1.54) is 7.05 Å². The van der Waals surface area contributed by atoms with Crippen LogP contribution in [0.3, 0.4) is 0 Å². The van der Waals surface area contributed by atoms with Crippen LogP contribution in [0.4, 0.5) is 4.79 Å². The quantitative estimate of drug-likeness (QED) is 0.800. The molecule has 0 bridgehead atoms. The van der Waals surface area contributed by atoms with Crippen LogP contribution in [0.5, 0.6) is 11.5 Å². The van der Waals surface area contributed by atoms with Crippen LogP contribution in [0.1, 0.15) is 6.92 Å². The van der Waals surface area contributed by atoms with Gasteiger partial charge in [-0.05, 0) is 19.1 Å². The van der Waals surface area contributed by atoms with E-state index in [0.29, 0.717) is 18.1 Å². The van der Waals surface area contributed by atoms with E-state index in [-0.39, 0.29) is 0 Å². The van der Waals surface area contributed by atoms with Gasteiger partial charge in [-0.2, -0.15) is 0 Å². The zero-order chi connectivity index (χ0) is 10.4. The van der Waals surface area contributed by atoms with Crippen molar-refractivity contribution in [2.75, 3.05) is 13.7 Å². The lowest BCUT2D eigenvalue weighted by Gasteiger charge is -2.09. The highest BCUT2D eigenvalue weighted by Crippen LogP contribution is 2.26. The van der Waals surface area contributed by atoms with Crippen LogP contribution >= 0.6 is 0 Å². The van der Waals surface area contributed by atoms with Gasteiger partial charge in [-0.15, -0.1) is 0 Å². The maximum absolute atomic E-state index is 10.9. The third kappa shape index (κ3) is 2.65. The number of rotatable bonds is 3. The van der Waals surface area contributed by atoms with Gasteiger partial charge in [0.25, 0.3) is 0 Å². The average Bonchev–Trinajstić information content (AvgIpc) is 2.21. The van der Waals surface area contributed by atoms with Gasteiger partial charge in [0.2, 0.25) is 0 Å². The first kappa shape index (κ1) is 10.4. The molecule has 0 heterocycles. The summed E-state index contributed by atoms with van der Waals surface area (Å²) in [5.74, 6) is 0.993. The van der Waals surface area contributed by atoms with Crippen molar-refractivity contribution in [3.05, 3.63) is 24.3 Å². The lowest BCUT2D eigenvalue weighted by atomic mass is 10.3. The van der Waals surface area contributed by atoms with E-state index in [9.17, 15) is 4.79 Å². The lowest BCUT2D eigenvalue weighted by Crippen LogP contribution is -2.22. The predicted molar refractivity (Wildman–Crippen MR) is 52.7 cm³/mol. The topological polar surface area (TPSA) is 47.6 Å². The highest BCUT2D eigenvalue weighted by molar-refractivity contribution is 5.70. The van der Waals surface area contributed by atoms with E-state index in [1.54, 1.807) is 18.2 Å². The van der Waals surface area contributed by atoms with Crippen LogP contribution in [-0.4, -0.2) is 19.7 Å². The van der Waals surface area contributed by atoms with Gasteiger partial charge in [0.1, 0.15) is 0 Å². The number of carbonyl (C=O) groups excluding carboxylic acids is 1. The van der Waals surface area contributed by atoms with Crippen molar-refractivity contribution in [1.29, 1.82) is 0 Å². The number of carbonyl (C=O) groups is 1. The molecule has 1 aromatic rings. The second-order valence-electron chi connectivity index (χ2n) is 2.52. The largest absolute Gasteiger partial charge is 0.490 e. The number of para-hydroxylation sites is 2. The first-order chi connectivity index (χ1) is 6.77. The maximum Gasteiger partial charge on any atom is 0.412 e. The van der Waals surface area contributed by atoms with E-state index in [0.717, 1.165) is 0 Å². The molecule has 1 aromatic carbocycles. The Morgan fingerprint density at radius 3 is 2.57 bits per heavy atom. The lowest BCUT2D eigenvalue weighted by molar-refractivity contribution is 0.200. The van der Waals surface area contributed by atoms with Gasteiger partial charge in [-0.25, -0.2) is 4.79 Å². The molecule has 0 aromatic heterocycles. The summed E-state index contributed by atoms with van der Waals surface area (Å²) in [7, 11) is 1.51. The van der Waals surface area contributed by atoms with Gasteiger partial charge in [-0.1, -0.05) is 12.1 Å². The zero-order valence-corrected chi connectivity index (χ0v) is 8.24. The van der Waals surface area contributed by atoms with Crippen LogP contribution in [0.2, 0.25) is 0 Å². The number of ether oxygens (including phenoxy) is 2. The van der Waals surface area contributed by atoms with E-state index in [1.807, 2.05) is 13.0 Å². The fraction of sp³-hybridized carbons (Fsp3) is 0.300.